The molecule has 0 saturated heterocycles. The minimum atomic E-state index is -3.75. The van der Waals surface area contributed by atoms with Gasteiger partial charge in [-0.3, -0.25) is 4.79 Å². The Morgan fingerprint density at radius 3 is 2.54 bits per heavy atom. The summed E-state index contributed by atoms with van der Waals surface area (Å²) in [5.41, 5.74) is 1.15. The standard InChI is InChI=1S/C19H24N2O4S/c1-3-25-13-12-20-19(22)17-10-7-11-18(14-17)26(23,24)21-15(2)16-8-5-4-6-9-16/h4-11,14-15,21H,3,12-13H2,1-2H3,(H,20,22). The van der Waals surface area contributed by atoms with E-state index in [9.17, 15) is 13.2 Å². The first-order valence-electron chi connectivity index (χ1n) is 8.47. The third-order valence-electron chi connectivity index (χ3n) is 3.77. The lowest BCUT2D eigenvalue weighted by molar-refractivity contribution is 0.0922. The predicted molar refractivity (Wildman–Crippen MR) is 100 cm³/mol. The van der Waals surface area contributed by atoms with Gasteiger partial charge in [0.05, 0.1) is 11.5 Å². The molecule has 2 aromatic rings. The third-order valence-corrected chi connectivity index (χ3v) is 5.31. The molecular weight excluding hydrogens is 352 g/mol. The molecular formula is C19H24N2O4S. The number of amides is 1. The van der Waals surface area contributed by atoms with Crippen molar-refractivity contribution in [2.45, 2.75) is 24.8 Å². The van der Waals surface area contributed by atoms with E-state index in [0.29, 0.717) is 19.8 Å². The molecule has 0 heterocycles. The lowest BCUT2D eigenvalue weighted by Gasteiger charge is -2.15. The number of sulfonamides is 1. The molecule has 2 rings (SSSR count). The van der Waals surface area contributed by atoms with E-state index < -0.39 is 10.0 Å². The molecule has 6 nitrogen and oxygen atoms in total. The fourth-order valence-corrected chi connectivity index (χ4v) is 3.68. The first-order chi connectivity index (χ1) is 12.4. The van der Waals surface area contributed by atoms with Crippen molar-refractivity contribution >= 4 is 15.9 Å². The highest BCUT2D eigenvalue weighted by molar-refractivity contribution is 7.89. The van der Waals surface area contributed by atoms with Gasteiger partial charge in [-0.2, -0.15) is 0 Å². The molecule has 0 aliphatic carbocycles. The largest absolute Gasteiger partial charge is 0.380 e. The molecule has 0 radical (unpaired) electrons. The van der Waals surface area contributed by atoms with E-state index >= 15 is 0 Å². The van der Waals surface area contributed by atoms with Crippen molar-refractivity contribution < 1.29 is 17.9 Å². The lowest BCUT2D eigenvalue weighted by Crippen LogP contribution is -2.29. The van der Waals surface area contributed by atoms with Gasteiger partial charge in [0.1, 0.15) is 0 Å². The second kappa shape index (κ2) is 9.47. The highest BCUT2D eigenvalue weighted by atomic mass is 32.2. The van der Waals surface area contributed by atoms with E-state index in [1.165, 1.54) is 12.1 Å². The van der Waals surface area contributed by atoms with Gasteiger partial charge in [-0.15, -0.1) is 0 Å². The molecule has 0 spiro atoms. The Labute approximate surface area is 154 Å². The summed E-state index contributed by atoms with van der Waals surface area (Å²) in [6.07, 6.45) is 0. The van der Waals surface area contributed by atoms with E-state index in [0.717, 1.165) is 5.56 Å². The fraction of sp³-hybridized carbons (Fsp3) is 0.316. The summed E-state index contributed by atoms with van der Waals surface area (Å²) in [4.78, 5) is 12.2. The van der Waals surface area contributed by atoms with Crippen LogP contribution in [0.25, 0.3) is 0 Å². The van der Waals surface area contributed by atoms with Crippen LogP contribution in [0.4, 0.5) is 0 Å². The maximum Gasteiger partial charge on any atom is 0.251 e. The zero-order chi connectivity index (χ0) is 19.0. The average molecular weight is 376 g/mol. The van der Waals surface area contributed by atoms with Crippen molar-refractivity contribution in [1.29, 1.82) is 0 Å². The van der Waals surface area contributed by atoms with Gasteiger partial charge in [-0.25, -0.2) is 13.1 Å². The van der Waals surface area contributed by atoms with Gasteiger partial charge < -0.3 is 10.1 Å². The predicted octanol–water partition coefficient (Wildman–Crippen LogP) is 2.49. The Kier molecular flexibility index (Phi) is 7.32. The molecule has 0 saturated carbocycles. The summed E-state index contributed by atoms with van der Waals surface area (Å²) in [7, 11) is -3.75. The monoisotopic (exact) mass is 376 g/mol. The Bertz CT molecular complexity index is 822. The van der Waals surface area contributed by atoms with Crippen molar-refractivity contribution in [2.24, 2.45) is 0 Å². The topological polar surface area (TPSA) is 84.5 Å². The molecule has 1 amide bonds. The van der Waals surface area contributed by atoms with E-state index in [2.05, 4.69) is 10.0 Å². The van der Waals surface area contributed by atoms with Crippen LogP contribution in [0.2, 0.25) is 0 Å². The Morgan fingerprint density at radius 1 is 1.12 bits per heavy atom. The van der Waals surface area contributed by atoms with Crippen LogP contribution in [0.5, 0.6) is 0 Å². The molecule has 0 bridgehead atoms. The summed E-state index contributed by atoms with van der Waals surface area (Å²) in [5, 5.41) is 2.70. The zero-order valence-electron chi connectivity index (χ0n) is 14.9. The normalized spacial score (nSPS) is 12.5. The number of hydrogen-bond donors (Lipinski definition) is 2. The summed E-state index contributed by atoms with van der Waals surface area (Å²) in [6, 6.07) is 14.9. The van der Waals surface area contributed by atoms with Crippen molar-refractivity contribution in [1.82, 2.24) is 10.0 Å². The second-order valence-electron chi connectivity index (χ2n) is 5.73. The number of nitrogens with one attached hydrogen (secondary N) is 2. The Hall–Kier alpha value is -2.22. The first-order valence-corrected chi connectivity index (χ1v) is 9.95. The van der Waals surface area contributed by atoms with Crippen molar-refractivity contribution in [2.75, 3.05) is 19.8 Å². The number of carbonyl (C=O) groups is 1. The number of carbonyl (C=O) groups excluding carboxylic acids is 1. The quantitative estimate of drug-likeness (QED) is 0.659. The van der Waals surface area contributed by atoms with Crippen molar-refractivity contribution in [3.8, 4) is 0 Å². The number of benzene rings is 2. The SMILES string of the molecule is CCOCCNC(=O)c1cccc(S(=O)(=O)NC(C)c2ccccc2)c1. The summed E-state index contributed by atoms with van der Waals surface area (Å²) >= 11 is 0. The van der Waals surface area contributed by atoms with Gasteiger partial charge >= 0.3 is 0 Å². The van der Waals surface area contributed by atoms with Gasteiger partial charge in [0.2, 0.25) is 10.0 Å². The number of hydrogen-bond acceptors (Lipinski definition) is 4. The minimum Gasteiger partial charge on any atom is -0.380 e. The molecule has 1 atom stereocenters. The zero-order valence-corrected chi connectivity index (χ0v) is 15.8. The molecule has 0 aliphatic heterocycles. The van der Waals surface area contributed by atoms with Crippen LogP contribution < -0.4 is 10.0 Å². The first kappa shape index (κ1) is 20.1. The van der Waals surface area contributed by atoms with Crippen LogP contribution in [0.3, 0.4) is 0 Å². The highest BCUT2D eigenvalue weighted by Gasteiger charge is 2.19. The molecule has 26 heavy (non-hydrogen) atoms. The summed E-state index contributed by atoms with van der Waals surface area (Å²) in [5.74, 6) is -0.335. The van der Waals surface area contributed by atoms with Crippen LogP contribution in [0.15, 0.2) is 59.5 Å². The second-order valence-corrected chi connectivity index (χ2v) is 7.45. The summed E-state index contributed by atoms with van der Waals surface area (Å²) < 4.78 is 33.1. The molecule has 0 aliphatic rings. The molecule has 140 valence electrons. The van der Waals surface area contributed by atoms with Gasteiger partial charge in [-0.1, -0.05) is 36.4 Å². The van der Waals surface area contributed by atoms with Crippen molar-refractivity contribution in [3.05, 3.63) is 65.7 Å². The smallest absolute Gasteiger partial charge is 0.251 e. The molecule has 1 unspecified atom stereocenters. The van der Waals surface area contributed by atoms with Crippen LogP contribution >= 0.6 is 0 Å². The Morgan fingerprint density at radius 2 is 1.85 bits per heavy atom. The van der Waals surface area contributed by atoms with E-state index in [1.807, 2.05) is 37.3 Å². The van der Waals surface area contributed by atoms with Crippen LogP contribution in [0.1, 0.15) is 35.8 Å². The number of ether oxygens (including phenoxy) is 1. The van der Waals surface area contributed by atoms with E-state index in [-0.39, 0.29) is 22.4 Å². The molecule has 0 fully saturated rings. The third kappa shape index (κ3) is 5.66. The van der Waals surface area contributed by atoms with Gasteiger partial charge in [0.25, 0.3) is 5.91 Å². The van der Waals surface area contributed by atoms with Crippen LogP contribution in [0, 0.1) is 0 Å². The molecule has 0 aromatic heterocycles. The lowest BCUT2D eigenvalue weighted by atomic mass is 10.1. The molecule has 2 N–H and O–H groups in total. The van der Waals surface area contributed by atoms with Crippen LogP contribution in [-0.4, -0.2) is 34.1 Å². The highest BCUT2D eigenvalue weighted by Crippen LogP contribution is 2.17. The van der Waals surface area contributed by atoms with Gasteiger partial charge in [-0.05, 0) is 37.6 Å². The van der Waals surface area contributed by atoms with Crippen molar-refractivity contribution in [3.63, 3.8) is 0 Å². The summed E-state index contributed by atoms with van der Waals surface area (Å²) in [6.45, 7) is 5.01. The maximum absolute atomic E-state index is 12.6. The maximum atomic E-state index is 12.6. The molecule has 7 heteroatoms. The molecule has 2 aromatic carbocycles. The average Bonchev–Trinajstić information content (AvgIpc) is 2.65. The van der Waals surface area contributed by atoms with Gasteiger partial charge in [0.15, 0.2) is 0 Å². The van der Waals surface area contributed by atoms with Gasteiger partial charge in [0, 0.05) is 24.8 Å². The van der Waals surface area contributed by atoms with E-state index in [4.69, 9.17) is 4.74 Å². The number of rotatable bonds is 9. The minimum absolute atomic E-state index is 0.0535. The van der Waals surface area contributed by atoms with Crippen LogP contribution in [-0.2, 0) is 14.8 Å². The van der Waals surface area contributed by atoms with E-state index in [1.54, 1.807) is 19.1 Å². The Balaban J connectivity index is 2.08. The fourth-order valence-electron chi connectivity index (χ4n) is 2.40.